The molecule has 1 rings (SSSR count). The summed E-state index contributed by atoms with van der Waals surface area (Å²) in [5.74, 6) is -0.530. The van der Waals surface area contributed by atoms with Gasteiger partial charge in [-0.3, -0.25) is 14.5 Å². The molecule has 0 heterocycles. The number of methoxy groups -OCH3 is 1. The van der Waals surface area contributed by atoms with Gasteiger partial charge in [-0.25, -0.2) is 0 Å². The minimum absolute atomic E-state index is 0.0327. The van der Waals surface area contributed by atoms with Crippen molar-refractivity contribution in [2.75, 3.05) is 21.2 Å². The molecule has 0 saturated carbocycles. The molecule has 0 amide bonds. The monoisotopic (exact) mass is 269 g/mol. The van der Waals surface area contributed by atoms with Gasteiger partial charge in [0.15, 0.2) is 5.78 Å². The molecule has 0 aliphatic rings. The summed E-state index contributed by atoms with van der Waals surface area (Å²) in [4.78, 5) is 25.3. The summed E-state index contributed by atoms with van der Waals surface area (Å²) in [6.07, 6.45) is 0.0327. The van der Waals surface area contributed by atoms with Crippen LogP contribution in [0.2, 0.25) is 5.02 Å². The summed E-state index contributed by atoms with van der Waals surface area (Å²) in [5, 5.41) is 0.570. The van der Waals surface area contributed by atoms with Gasteiger partial charge >= 0.3 is 5.97 Å². The van der Waals surface area contributed by atoms with Crippen LogP contribution < -0.4 is 0 Å². The van der Waals surface area contributed by atoms with Crippen molar-refractivity contribution in [3.63, 3.8) is 0 Å². The Labute approximate surface area is 111 Å². The largest absolute Gasteiger partial charge is 0.469 e. The van der Waals surface area contributed by atoms with Gasteiger partial charge in [0.25, 0.3) is 0 Å². The fourth-order valence-corrected chi connectivity index (χ4v) is 1.68. The number of likely N-dealkylation sites (N-methyl/N-ethyl adjacent to an activating group) is 1. The second kappa shape index (κ2) is 6.52. The molecule has 1 aromatic carbocycles. The number of nitrogens with zero attached hydrogens (tertiary/aromatic N) is 1. The van der Waals surface area contributed by atoms with Gasteiger partial charge in [-0.05, 0) is 38.4 Å². The van der Waals surface area contributed by atoms with Crippen molar-refractivity contribution >= 4 is 23.4 Å². The summed E-state index contributed by atoms with van der Waals surface area (Å²) in [5.41, 5.74) is 0.530. The molecule has 1 unspecified atom stereocenters. The average Bonchev–Trinajstić information content (AvgIpc) is 2.35. The molecule has 0 aliphatic carbocycles. The van der Waals surface area contributed by atoms with E-state index in [0.29, 0.717) is 10.6 Å². The third-order valence-electron chi connectivity index (χ3n) is 2.64. The predicted octanol–water partition coefficient (Wildman–Crippen LogP) is 2.02. The van der Waals surface area contributed by atoms with Crippen molar-refractivity contribution in [3.8, 4) is 0 Å². The van der Waals surface area contributed by atoms with Crippen molar-refractivity contribution in [1.82, 2.24) is 4.90 Å². The Morgan fingerprint density at radius 3 is 2.28 bits per heavy atom. The number of carbonyl (C=O) groups excluding carboxylic acids is 2. The first-order chi connectivity index (χ1) is 8.45. The molecule has 0 radical (unpaired) electrons. The minimum atomic E-state index is -0.529. The maximum absolute atomic E-state index is 12.3. The highest BCUT2D eigenvalue weighted by Gasteiger charge is 2.25. The summed E-state index contributed by atoms with van der Waals surface area (Å²) in [7, 11) is 4.81. The van der Waals surface area contributed by atoms with Crippen LogP contribution in [0.15, 0.2) is 24.3 Å². The molecule has 4 nitrogen and oxygen atoms in total. The van der Waals surface area contributed by atoms with E-state index in [4.69, 9.17) is 11.6 Å². The lowest BCUT2D eigenvalue weighted by molar-refractivity contribution is -0.141. The number of Topliss-reactive ketones (excluding diaryl/α,β-unsaturated/α-hetero) is 1. The fourth-order valence-electron chi connectivity index (χ4n) is 1.56. The lowest BCUT2D eigenvalue weighted by Crippen LogP contribution is -2.38. The molecular formula is C13H16ClNO3. The number of hydrogen-bond donors (Lipinski definition) is 0. The van der Waals surface area contributed by atoms with Gasteiger partial charge in [-0.1, -0.05) is 11.6 Å². The lowest BCUT2D eigenvalue weighted by Gasteiger charge is -2.21. The highest BCUT2D eigenvalue weighted by molar-refractivity contribution is 6.30. The summed E-state index contributed by atoms with van der Waals surface area (Å²) >= 11 is 5.77. The van der Waals surface area contributed by atoms with Gasteiger partial charge in [0.05, 0.1) is 19.6 Å². The maximum Gasteiger partial charge on any atom is 0.307 e. The van der Waals surface area contributed by atoms with Crippen LogP contribution in [-0.2, 0) is 9.53 Å². The molecule has 0 saturated heterocycles. The van der Waals surface area contributed by atoms with Crippen LogP contribution in [0.3, 0.4) is 0 Å². The van der Waals surface area contributed by atoms with Gasteiger partial charge in [-0.15, -0.1) is 0 Å². The molecule has 5 heteroatoms. The molecule has 0 N–H and O–H groups in total. The molecule has 98 valence electrons. The van der Waals surface area contributed by atoms with E-state index in [1.165, 1.54) is 7.11 Å². The highest BCUT2D eigenvalue weighted by atomic mass is 35.5. The van der Waals surface area contributed by atoms with Crippen molar-refractivity contribution in [3.05, 3.63) is 34.9 Å². The standard InChI is InChI=1S/C13H16ClNO3/c1-15(2)11(8-12(16)18-3)13(17)9-4-6-10(14)7-5-9/h4-7,11H,8H2,1-3H3. The second-order valence-corrected chi connectivity index (χ2v) is 4.57. The number of hydrogen-bond acceptors (Lipinski definition) is 4. The van der Waals surface area contributed by atoms with E-state index in [9.17, 15) is 9.59 Å². The number of ether oxygens (including phenoxy) is 1. The maximum atomic E-state index is 12.3. The SMILES string of the molecule is COC(=O)CC(C(=O)c1ccc(Cl)cc1)N(C)C. The smallest absolute Gasteiger partial charge is 0.307 e. The second-order valence-electron chi connectivity index (χ2n) is 4.13. The molecule has 0 fully saturated rings. The third kappa shape index (κ3) is 3.82. The van der Waals surface area contributed by atoms with E-state index < -0.39 is 12.0 Å². The number of carbonyl (C=O) groups is 2. The van der Waals surface area contributed by atoms with Gasteiger partial charge in [0, 0.05) is 10.6 Å². The molecular weight excluding hydrogens is 254 g/mol. The Morgan fingerprint density at radius 1 is 1.28 bits per heavy atom. The number of rotatable bonds is 5. The fraction of sp³-hybridized carbons (Fsp3) is 0.385. The highest BCUT2D eigenvalue weighted by Crippen LogP contribution is 2.14. The molecule has 0 bridgehead atoms. The van der Waals surface area contributed by atoms with E-state index in [1.807, 2.05) is 0 Å². The Morgan fingerprint density at radius 2 is 1.83 bits per heavy atom. The summed E-state index contributed by atoms with van der Waals surface area (Å²) < 4.78 is 4.60. The van der Waals surface area contributed by atoms with Gasteiger partial charge < -0.3 is 4.74 Å². The first-order valence-corrected chi connectivity index (χ1v) is 5.86. The Kier molecular flexibility index (Phi) is 5.31. The molecule has 1 atom stereocenters. The Balaban J connectivity index is 2.89. The number of esters is 1. The van der Waals surface area contributed by atoms with E-state index in [-0.39, 0.29) is 12.2 Å². The molecule has 0 aromatic heterocycles. The molecule has 0 aliphatic heterocycles. The van der Waals surface area contributed by atoms with Crippen LogP contribution in [-0.4, -0.2) is 43.9 Å². The zero-order chi connectivity index (χ0) is 13.7. The Hall–Kier alpha value is -1.39. The predicted molar refractivity (Wildman–Crippen MR) is 69.9 cm³/mol. The van der Waals surface area contributed by atoms with E-state index in [0.717, 1.165) is 0 Å². The van der Waals surface area contributed by atoms with Gasteiger partial charge in [0.2, 0.25) is 0 Å². The van der Waals surface area contributed by atoms with Gasteiger partial charge in [-0.2, -0.15) is 0 Å². The summed E-state index contributed by atoms with van der Waals surface area (Å²) in [6, 6.07) is 6.08. The number of ketones is 1. The van der Waals surface area contributed by atoms with Gasteiger partial charge in [0.1, 0.15) is 0 Å². The quantitative estimate of drug-likeness (QED) is 0.606. The summed E-state index contributed by atoms with van der Waals surface area (Å²) in [6.45, 7) is 0. The number of halogens is 1. The minimum Gasteiger partial charge on any atom is -0.469 e. The van der Waals surface area contributed by atoms with Crippen LogP contribution in [0.1, 0.15) is 16.8 Å². The topological polar surface area (TPSA) is 46.6 Å². The van der Waals surface area contributed by atoms with E-state index in [1.54, 1.807) is 43.3 Å². The van der Waals surface area contributed by atoms with Crippen LogP contribution >= 0.6 is 11.6 Å². The zero-order valence-corrected chi connectivity index (χ0v) is 11.4. The van der Waals surface area contributed by atoms with Crippen LogP contribution in [0, 0.1) is 0 Å². The Bertz CT molecular complexity index is 428. The van der Waals surface area contributed by atoms with Crippen molar-refractivity contribution in [1.29, 1.82) is 0 Å². The normalized spacial score (nSPS) is 12.3. The molecule has 1 aromatic rings. The van der Waals surface area contributed by atoms with Crippen molar-refractivity contribution in [2.24, 2.45) is 0 Å². The van der Waals surface area contributed by atoms with E-state index in [2.05, 4.69) is 4.74 Å². The lowest BCUT2D eigenvalue weighted by atomic mass is 10.0. The van der Waals surface area contributed by atoms with Crippen molar-refractivity contribution < 1.29 is 14.3 Å². The van der Waals surface area contributed by atoms with Crippen LogP contribution in [0.25, 0.3) is 0 Å². The van der Waals surface area contributed by atoms with Crippen LogP contribution in [0.4, 0.5) is 0 Å². The van der Waals surface area contributed by atoms with E-state index >= 15 is 0 Å². The third-order valence-corrected chi connectivity index (χ3v) is 2.89. The first-order valence-electron chi connectivity index (χ1n) is 5.48. The molecule has 18 heavy (non-hydrogen) atoms. The average molecular weight is 270 g/mol. The first kappa shape index (κ1) is 14.7. The van der Waals surface area contributed by atoms with Crippen molar-refractivity contribution in [2.45, 2.75) is 12.5 Å². The zero-order valence-electron chi connectivity index (χ0n) is 10.6. The molecule has 0 spiro atoms. The van der Waals surface area contributed by atoms with Crippen LogP contribution in [0.5, 0.6) is 0 Å². The number of benzene rings is 1.